The number of ether oxygens (including phenoxy) is 1. The third kappa shape index (κ3) is 2.43. The van der Waals surface area contributed by atoms with E-state index >= 15 is 0 Å². The number of hydrogen-bond acceptors (Lipinski definition) is 3. The first-order valence-corrected chi connectivity index (χ1v) is 5.89. The Bertz CT molecular complexity index is 519. The number of amides is 1. The van der Waals surface area contributed by atoms with Crippen LogP contribution >= 0.6 is 0 Å². The maximum atomic E-state index is 13.6. The molecule has 1 heterocycles. The number of esters is 1. The van der Waals surface area contributed by atoms with E-state index in [1.165, 1.54) is 24.1 Å². The van der Waals surface area contributed by atoms with Crippen molar-refractivity contribution in [3.05, 3.63) is 35.4 Å². The van der Waals surface area contributed by atoms with E-state index in [0.717, 1.165) is 6.07 Å². The van der Waals surface area contributed by atoms with Crippen LogP contribution in [-0.2, 0) is 9.53 Å². The van der Waals surface area contributed by atoms with Crippen molar-refractivity contribution in [2.45, 2.75) is 18.9 Å². The molecule has 1 aromatic carbocycles. The Morgan fingerprint density at radius 1 is 1.37 bits per heavy atom. The van der Waals surface area contributed by atoms with Gasteiger partial charge in [-0.1, -0.05) is 6.07 Å². The molecule has 6 heteroatoms. The van der Waals surface area contributed by atoms with Crippen LogP contribution in [0.4, 0.5) is 8.78 Å². The molecule has 0 aromatic heterocycles. The van der Waals surface area contributed by atoms with Gasteiger partial charge < -0.3 is 9.64 Å². The van der Waals surface area contributed by atoms with Crippen molar-refractivity contribution >= 4 is 11.9 Å². The number of hydrogen-bond donors (Lipinski definition) is 0. The van der Waals surface area contributed by atoms with Crippen LogP contribution < -0.4 is 0 Å². The summed E-state index contributed by atoms with van der Waals surface area (Å²) in [6.07, 6.45) is 1.10. The number of benzene rings is 1. The molecule has 1 unspecified atom stereocenters. The molecule has 1 fully saturated rings. The van der Waals surface area contributed by atoms with Crippen molar-refractivity contribution in [1.29, 1.82) is 0 Å². The van der Waals surface area contributed by atoms with Gasteiger partial charge in [0.15, 0.2) is 11.6 Å². The van der Waals surface area contributed by atoms with E-state index in [9.17, 15) is 18.4 Å². The van der Waals surface area contributed by atoms with Gasteiger partial charge in [0.1, 0.15) is 6.04 Å². The van der Waals surface area contributed by atoms with E-state index in [1.54, 1.807) is 0 Å². The summed E-state index contributed by atoms with van der Waals surface area (Å²) < 4.78 is 31.3. The van der Waals surface area contributed by atoms with Crippen LogP contribution in [0.5, 0.6) is 0 Å². The Balaban J connectivity index is 2.28. The normalized spacial score (nSPS) is 18.5. The van der Waals surface area contributed by atoms with E-state index in [-0.39, 0.29) is 5.56 Å². The van der Waals surface area contributed by atoms with Crippen LogP contribution in [0.25, 0.3) is 0 Å². The molecule has 2 rings (SSSR count). The number of halogens is 2. The molecular weight excluding hydrogens is 256 g/mol. The standard InChI is InChI=1S/C13H13F2NO3/c1-19-13(18)10-6-3-7-16(10)12(17)8-4-2-5-9(14)11(8)15/h2,4-5,10H,3,6-7H2,1H3. The van der Waals surface area contributed by atoms with Gasteiger partial charge in [0, 0.05) is 6.54 Å². The zero-order chi connectivity index (χ0) is 14.0. The number of likely N-dealkylation sites (tertiary alicyclic amines) is 1. The smallest absolute Gasteiger partial charge is 0.328 e. The van der Waals surface area contributed by atoms with Gasteiger partial charge in [-0.3, -0.25) is 4.79 Å². The van der Waals surface area contributed by atoms with Gasteiger partial charge in [-0.25, -0.2) is 13.6 Å². The Morgan fingerprint density at radius 2 is 2.11 bits per heavy atom. The molecule has 1 saturated heterocycles. The highest BCUT2D eigenvalue weighted by Crippen LogP contribution is 2.22. The lowest BCUT2D eigenvalue weighted by Gasteiger charge is -2.22. The van der Waals surface area contributed by atoms with Crippen molar-refractivity contribution in [2.75, 3.05) is 13.7 Å². The van der Waals surface area contributed by atoms with Gasteiger partial charge in [0.25, 0.3) is 5.91 Å². The topological polar surface area (TPSA) is 46.6 Å². The van der Waals surface area contributed by atoms with E-state index < -0.39 is 29.6 Å². The van der Waals surface area contributed by atoms with Crippen molar-refractivity contribution in [1.82, 2.24) is 4.90 Å². The average Bonchev–Trinajstić information content (AvgIpc) is 2.89. The molecule has 1 aromatic rings. The summed E-state index contributed by atoms with van der Waals surface area (Å²) in [5, 5.41) is 0. The molecule has 0 radical (unpaired) electrons. The summed E-state index contributed by atoms with van der Waals surface area (Å²) >= 11 is 0. The molecule has 0 aliphatic carbocycles. The molecule has 1 amide bonds. The highest BCUT2D eigenvalue weighted by molar-refractivity contribution is 5.97. The molecule has 0 bridgehead atoms. The van der Waals surface area contributed by atoms with Crippen LogP contribution in [-0.4, -0.2) is 36.5 Å². The van der Waals surface area contributed by atoms with Gasteiger partial charge in [-0.05, 0) is 25.0 Å². The quantitative estimate of drug-likeness (QED) is 0.768. The van der Waals surface area contributed by atoms with Crippen LogP contribution in [0.1, 0.15) is 23.2 Å². The maximum absolute atomic E-state index is 13.6. The van der Waals surface area contributed by atoms with Crippen LogP contribution in [0.2, 0.25) is 0 Å². The second kappa shape index (κ2) is 5.34. The fourth-order valence-corrected chi connectivity index (χ4v) is 2.21. The Kier molecular flexibility index (Phi) is 3.78. The zero-order valence-electron chi connectivity index (χ0n) is 10.4. The molecule has 1 aliphatic heterocycles. The summed E-state index contributed by atoms with van der Waals surface area (Å²) in [5.74, 6) is -3.50. The summed E-state index contributed by atoms with van der Waals surface area (Å²) in [6, 6.07) is 2.68. The Morgan fingerprint density at radius 3 is 2.79 bits per heavy atom. The van der Waals surface area contributed by atoms with E-state index in [4.69, 9.17) is 0 Å². The second-order valence-corrected chi connectivity index (χ2v) is 4.28. The first kappa shape index (κ1) is 13.5. The fourth-order valence-electron chi connectivity index (χ4n) is 2.21. The van der Waals surface area contributed by atoms with Crippen molar-refractivity contribution < 1.29 is 23.1 Å². The summed E-state index contributed by atoms with van der Waals surface area (Å²) in [7, 11) is 1.23. The highest BCUT2D eigenvalue weighted by Gasteiger charge is 2.36. The van der Waals surface area contributed by atoms with Crippen LogP contribution in [0.15, 0.2) is 18.2 Å². The maximum Gasteiger partial charge on any atom is 0.328 e. The third-order valence-electron chi connectivity index (χ3n) is 3.17. The summed E-state index contributed by atoms with van der Waals surface area (Å²) in [4.78, 5) is 24.9. The molecule has 0 spiro atoms. The fraction of sp³-hybridized carbons (Fsp3) is 0.385. The second-order valence-electron chi connectivity index (χ2n) is 4.28. The van der Waals surface area contributed by atoms with Crippen molar-refractivity contribution in [3.63, 3.8) is 0 Å². The highest BCUT2D eigenvalue weighted by atomic mass is 19.2. The zero-order valence-corrected chi connectivity index (χ0v) is 10.4. The minimum absolute atomic E-state index is 0.328. The first-order valence-electron chi connectivity index (χ1n) is 5.89. The average molecular weight is 269 g/mol. The Labute approximate surface area is 109 Å². The lowest BCUT2D eigenvalue weighted by atomic mass is 10.1. The van der Waals surface area contributed by atoms with E-state index in [2.05, 4.69) is 4.74 Å². The number of carbonyl (C=O) groups excluding carboxylic acids is 2. The lowest BCUT2D eigenvalue weighted by Crippen LogP contribution is -2.41. The summed E-state index contributed by atoms with van der Waals surface area (Å²) in [5.41, 5.74) is -0.365. The monoisotopic (exact) mass is 269 g/mol. The predicted octanol–water partition coefficient (Wildman–Crippen LogP) is 1.74. The molecular formula is C13H13F2NO3. The SMILES string of the molecule is COC(=O)C1CCCN1C(=O)c1cccc(F)c1F. The Hall–Kier alpha value is -1.98. The van der Waals surface area contributed by atoms with Gasteiger partial charge in [-0.15, -0.1) is 0 Å². The summed E-state index contributed by atoms with van der Waals surface area (Å²) in [6.45, 7) is 0.328. The van der Waals surface area contributed by atoms with Crippen molar-refractivity contribution in [2.24, 2.45) is 0 Å². The number of rotatable bonds is 2. The van der Waals surface area contributed by atoms with Gasteiger partial charge in [-0.2, -0.15) is 0 Å². The predicted molar refractivity (Wildman–Crippen MR) is 62.4 cm³/mol. The van der Waals surface area contributed by atoms with Crippen LogP contribution in [0.3, 0.4) is 0 Å². The van der Waals surface area contributed by atoms with Gasteiger partial charge >= 0.3 is 5.97 Å². The lowest BCUT2D eigenvalue weighted by molar-refractivity contribution is -0.145. The molecule has 4 nitrogen and oxygen atoms in total. The number of carbonyl (C=O) groups is 2. The number of nitrogens with zero attached hydrogens (tertiary/aromatic N) is 1. The van der Waals surface area contributed by atoms with E-state index in [0.29, 0.717) is 19.4 Å². The minimum atomic E-state index is -1.19. The molecule has 102 valence electrons. The van der Waals surface area contributed by atoms with Crippen molar-refractivity contribution in [3.8, 4) is 0 Å². The van der Waals surface area contributed by atoms with Gasteiger partial charge in [0.2, 0.25) is 0 Å². The number of methoxy groups -OCH3 is 1. The molecule has 1 aliphatic rings. The molecule has 19 heavy (non-hydrogen) atoms. The third-order valence-corrected chi connectivity index (χ3v) is 3.17. The molecule has 1 atom stereocenters. The largest absolute Gasteiger partial charge is 0.467 e. The minimum Gasteiger partial charge on any atom is -0.467 e. The van der Waals surface area contributed by atoms with Crippen LogP contribution in [0, 0.1) is 11.6 Å². The van der Waals surface area contributed by atoms with E-state index in [1.807, 2.05) is 0 Å². The first-order chi connectivity index (χ1) is 9.06. The molecule has 0 N–H and O–H groups in total. The molecule has 0 saturated carbocycles. The van der Waals surface area contributed by atoms with Gasteiger partial charge in [0.05, 0.1) is 12.7 Å².